The van der Waals surface area contributed by atoms with Gasteiger partial charge in [-0.25, -0.2) is 9.59 Å². The average molecular weight is 553 g/mol. The number of carboxylic acid groups (broad SMARTS) is 2. The Morgan fingerprint density at radius 1 is 0.974 bits per heavy atom. The maximum atomic E-state index is 12.9. The lowest BCUT2D eigenvalue weighted by Crippen LogP contribution is -2.49. The molecule has 13 heteroatoms. The molecule has 0 aliphatic carbocycles. The van der Waals surface area contributed by atoms with E-state index in [1.54, 1.807) is 24.3 Å². The summed E-state index contributed by atoms with van der Waals surface area (Å²) in [6.07, 6.45) is -4.18. The van der Waals surface area contributed by atoms with Gasteiger partial charge in [0.05, 0.1) is 23.5 Å². The number of carbonyl (C=O) groups excluding carboxylic acids is 2. The number of anilines is 2. The molecule has 3 rings (SSSR count). The Morgan fingerprint density at radius 2 is 1.59 bits per heavy atom. The van der Waals surface area contributed by atoms with Crippen LogP contribution >= 0.6 is 0 Å². The third-order valence-electron chi connectivity index (χ3n) is 5.78. The Labute approximate surface area is 223 Å². The van der Waals surface area contributed by atoms with Crippen molar-refractivity contribution >= 4 is 35.1 Å². The van der Waals surface area contributed by atoms with Crippen LogP contribution in [-0.2, 0) is 9.59 Å². The highest BCUT2D eigenvalue weighted by Gasteiger charge is 2.38. The molecule has 0 atom stereocenters. The van der Waals surface area contributed by atoms with Gasteiger partial charge in [0.25, 0.3) is 5.91 Å². The maximum absolute atomic E-state index is 12.9. The van der Waals surface area contributed by atoms with Crippen LogP contribution in [0.15, 0.2) is 42.5 Å². The van der Waals surface area contributed by atoms with E-state index in [1.807, 2.05) is 26.0 Å². The van der Waals surface area contributed by atoms with Crippen LogP contribution < -0.4 is 15.5 Å². The summed E-state index contributed by atoms with van der Waals surface area (Å²) in [5.74, 6) is -4.06. The second-order valence-corrected chi connectivity index (χ2v) is 8.72. The molecule has 2 aromatic rings. The van der Waals surface area contributed by atoms with E-state index in [4.69, 9.17) is 9.90 Å². The smallest absolute Gasteiger partial charge is 0.478 e. The number of nitrogens with zero attached hydrogens (tertiary/aromatic N) is 2. The minimum absolute atomic E-state index is 0.0253. The van der Waals surface area contributed by atoms with E-state index in [1.165, 1.54) is 6.07 Å². The van der Waals surface area contributed by atoms with Crippen LogP contribution in [0.4, 0.5) is 24.5 Å². The fourth-order valence-corrected chi connectivity index (χ4v) is 3.73. The second-order valence-electron chi connectivity index (χ2n) is 8.72. The molecular formula is C26H31F3N4O6. The van der Waals surface area contributed by atoms with Crippen molar-refractivity contribution < 1.29 is 42.6 Å². The predicted octanol–water partition coefficient (Wildman–Crippen LogP) is 3.23. The largest absolute Gasteiger partial charge is 0.490 e. The van der Waals surface area contributed by atoms with Gasteiger partial charge >= 0.3 is 18.1 Å². The molecule has 0 spiro atoms. The van der Waals surface area contributed by atoms with Crippen molar-refractivity contribution in [1.82, 2.24) is 10.2 Å². The number of carbonyl (C=O) groups is 4. The quantitative estimate of drug-likeness (QED) is 0.392. The van der Waals surface area contributed by atoms with Gasteiger partial charge in [0.1, 0.15) is 0 Å². The van der Waals surface area contributed by atoms with E-state index in [0.717, 1.165) is 17.7 Å². The summed E-state index contributed by atoms with van der Waals surface area (Å²) in [6.45, 7) is 7.66. The molecule has 1 fully saturated rings. The number of carboxylic acids is 2. The molecule has 10 nitrogen and oxygen atoms in total. The Morgan fingerprint density at radius 3 is 2.13 bits per heavy atom. The zero-order valence-electron chi connectivity index (χ0n) is 21.5. The third-order valence-corrected chi connectivity index (χ3v) is 5.78. The van der Waals surface area contributed by atoms with Crippen molar-refractivity contribution in [2.24, 2.45) is 0 Å². The van der Waals surface area contributed by atoms with E-state index in [9.17, 15) is 32.7 Å². The lowest BCUT2D eigenvalue weighted by Gasteiger charge is -2.36. The van der Waals surface area contributed by atoms with Crippen LogP contribution in [0.2, 0.25) is 0 Å². The number of hydrogen-bond donors (Lipinski definition) is 4. The van der Waals surface area contributed by atoms with Crippen molar-refractivity contribution in [3.63, 3.8) is 0 Å². The molecule has 2 amide bonds. The second kappa shape index (κ2) is 14.1. The number of amides is 2. The first-order chi connectivity index (χ1) is 18.3. The number of benzene rings is 2. The molecule has 4 N–H and O–H groups in total. The monoisotopic (exact) mass is 552 g/mol. The molecule has 1 saturated heterocycles. The van der Waals surface area contributed by atoms with Crippen LogP contribution in [0.3, 0.4) is 0 Å². The van der Waals surface area contributed by atoms with Crippen molar-refractivity contribution in [3.05, 3.63) is 59.2 Å². The molecule has 2 aromatic carbocycles. The van der Waals surface area contributed by atoms with E-state index < -0.39 is 18.1 Å². The Balaban J connectivity index is 0.000000673. The van der Waals surface area contributed by atoms with E-state index >= 15 is 0 Å². The number of nitrogens with one attached hydrogen (secondary N) is 2. The topological polar surface area (TPSA) is 139 Å². The summed E-state index contributed by atoms with van der Waals surface area (Å²) in [6, 6.07) is 12.1. The predicted molar refractivity (Wildman–Crippen MR) is 138 cm³/mol. The van der Waals surface area contributed by atoms with Gasteiger partial charge in [-0.1, -0.05) is 25.1 Å². The minimum Gasteiger partial charge on any atom is -0.478 e. The van der Waals surface area contributed by atoms with E-state index in [-0.39, 0.29) is 17.4 Å². The average Bonchev–Trinajstić information content (AvgIpc) is 2.88. The van der Waals surface area contributed by atoms with E-state index in [2.05, 4.69) is 20.4 Å². The Hall–Kier alpha value is -4.13. The van der Waals surface area contributed by atoms with E-state index in [0.29, 0.717) is 50.5 Å². The standard InChI is InChI=1S/C24H30N4O4.C2HF3O2/c1-3-10-25-22(29)16-27-11-13-28(14-12-27)21-9-8-18(24(31)32)15-20(21)26-23(30)19-7-5-4-6-17(19)2;3-2(4,5)1(6)7/h4-9,15H,3,10-14,16H2,1-2H3,(H,25,29)(H,26,30)(H,31,32);(H,6,7). The number of aryl methyl sites for hydroxylation is 1. The third kappa shape index (κ3) is 9.60. The number of hydrogen-bond acceptors (Lipinski definition) is 6. The molecule has 0 aromatic heterocycles. The molecule has 1 heterocycles. The Bertz CT molecular complexity index is 1180. The molecule has 0 saturated carbocycles. The van der Waals surface area contributed by atoms with Gasteiger partial charge in [-0.05, 0) is 43.2 Å². The first-order valence-electron chi connectivity index (χ1n) is 12.1. The van der Waals surface area contributed by atoms with Gasteiger partial charge < -0.3 is 25.7 Å². The number of alkyl halides is 3. The van der Waals surface area contributed by atoms with Crippen LogP contribution in [0.5, 0.6) is 0 Å². The summed E-state index contributed by atoms with van der Waals surface area (Å²) < 4.78 is 31.7. The zero-order chi connectivity index (χ0) is 29.2. The van der Waals surface area contributed by atoms with Crippen LogP contribution in [0, 0.1) is 6.92 Å². The van der Waals surface area contributed by atoms with Crippen molar-refractivity contribution in [1.29, 1.82) is 0 Å². The minimum atomic E-state index is -5.08. The SMILES string of the molecule is CCCNC(=O)CN1CCN(c2ccc(C(=O)O)cc2NC(=O)c2ccccc2C)CC1.O=C(O)C(F)(F)F. The first-order valence-corrected chi connectivity index (χ1v) is 12.1. The van der Waals surface area contributed by atoms with Crippen molar-refractivity contribution in [3.8, 4) is 0 Å². The van der Waals surface area contributed by atoms with Crippen LogP contribution in [-0.4, -0.2) is 84.3 Å². The molecule has 212 valence electrons. The first kappa shape index (κ1) is 31.1. The summed E-state index contributed by atoms with van der Waals surface area (Å²) in [4.78, 5) is 49.5. The molecule has 0 unspecified atom stereocenters. The summed E-state index contributed by atoms with van der Waals surface area (Å²) >= 11 is 0. The molecule has 0 radical (unpaired) electrons. The Kier molecular flexibility index (Phi) is 11.3. The zero-order valence-corrected chi connectivity index (χ0v) is 21.5. The summed E-state index contributed by atoms with van der Waals surface area (Å²) in [7, 11) is 0. The lowest BCUT2D eigenvalue weighted by atomic mass is 10.1. The number of piperazine rings is 1. The summed E-state index contributed by atoms with van der Waals surface area (Å²) in [5.41, 5.74) is 2.73. The van der Waals surface area contributed by atoms with Gasteiger partial charge in [0.15, 0.2) is 0 Å². The van der Waals surface area contributed by atoms with Gasteiger partial charge in [0.2, 0.25) is 5.91 Å². The van der Waals surface area contributed by atoms with Gasteiger partial charge in [0, 0.05) is 38.3 Å². The number of rotatable bonds is 8. The van der Waals surface area contributed by atoms with Gasteiger partial charge in [-0.3, -0.25) is 14.5 Å². The normalized spacial score (nSPS) is 13.6. The highest BCUT2D eigenvalue weighted by atomic mass is 19.4. The number of halogens is 3. The number of aliphatic carboxylic acids is 1. The molecule has 1 aliphatic heterocycles. The highest BCUT2D eigenvalue weighted by Crippen LogP contribution is 2.29. The maximum Gasteiger partial charge on any atom is 0.490 e. The van der Waals surface area contributed by atoms with Crippen molar-refractivity contribution in [2.75, 3.05) is 49.5 Å². The molecule has 0 bridgehead atoms. The fraction of sp³-hybridized carbons (Fsp3) is 0.385. The molecule has 39 heavy (non-hydrogen) atoms. The lowest BCUT2D eigenvalue weighted by molar-refractivity contribution is -0.192. The van der Waals surface area contributed by atoms with Gasteiger partial charge in [-0.2, -0.15) is 13.2 Å². The number of aromatic carboxylic acids is 1. The van der Waals surface area contributed by atoms with Crippen LogP contribution in [0.25, 0.3) is 0 Å². The van der Waals surface area contributed by atoms with Gasteiger partial charge in [-0.15, -0.1) is 0 Å². The van der Waals surface area contributed by atoms with Crippen LogP contribution in [0.1, 0.15) is 39.6 Å². The molecular weight excluding hydrogens is 521 g/mol. The van der Waals surface area contributed by atoms with Crippen molar-refractivity contribution in [2.45, 2.75) is 26.4 Å². The summed E-state index contributed by atoms with van der Waals surface area (Å²) in [5, 5.41) is 22.3. The molecule has 1 aliphatic rings. The highest BCUT2D eigenvalue weighted by molar-refractivity contribution is 6.07. The fourth-order valence-electron chi connectivity index (χ4n) is 3.73.